The molecular formula is C23H23N5O2S. The Labute approximate surface area is 185 Å². The monoisotopic (exact) mass is 433 g/mol. The normalized spacial score (nSPS) is 10.9. The number of hydrogen-bond acceptors (Lipinski definition) is 6. The van der Waals surface area contributed by atoms with Crippen LogP contribution in [0.2, 0.25) is 0 Å². The first-order valence-corrected chi connectivity index (χ1v) is 10.9. The summed E-state index contributed by atoms with van der Waals surface area (Å²) in [5.41, 5.74) is 4.36. The lowest BCUT2D eigenvalue weighted by Gasteiger charge is -2.21. The highest BCUT2D eigenvalue weighted by molar-refractivity contribution is 7.99. The number of aromatic nitrogens is 4. The highest BCUT2D eigenvalue weighted by Gasteiger charge is 2.18. The van der Waals surface area contributed by atoms with Gasteiger partial charge in [0.25, 0.3) is 0 Å². The van der Waals surface area contributed by atoms with Crippen LogP contribution >= 0.6 is 11.8 Å². The quantitative estimate of drug-likeness (QED) is 0.388. The van der Waals surface area contributed by atoms with E-state index in [2.05, 4.69) is 41.2 Å². The SMILES string of the molecule is Cc1ccc(-n2cnnc2SCC(=O)N(Cc2cccnc2)Cc2ccco2)cc1C. The van der Waals surface area contributed by atoms with Crippen molar-refractivity contribution in [3.8, 4) is 5.69 Å². The van der Waals surface area contributed by atoms with Gasteiger partial charge in [0, 0.05) is 24.6 Å². The number of thioether (sulfide) groups is 1. The van der Waals surface area contributed by atoms with Crippen LogP contribution in [0.1, 0.15) is 22.5 Å². The number of hydrogen-bond donors (Lipinski definition) is 0. The van der Waals surface area contributed by atoms with Gasteiger partial charge in [-0.3, -0.25) is 14.3 Å². The van der Waals surface area contributed by atoms with E-state index in [0.717, 1.165) is 17.0 Å². The summed E-state index contributed by atoms with van der Waals surface area (Å²) in [5, 5.41) is 8.94. The van der Waals surface area contributed by atoms with E-state index in [9.17, 15) is 4.79 Å². The zero-order valence-electron chi connectivity index (χ0n) is 17.4. The van der Waals surface area contributed by atoms with Crippen molar-refractivity contribution in [2.24, 2.45) is 0 Å². The Morgan fingerprint density at radius 2 is 2.03 bits per heavy atom. The van der Waals surface area contributed by atoms with Gasteiger partial charge in [-0.25, -0.2) is 0 Å². The number of aryl methyl sites for hydroxylation is 2. The van der Waals surface area contributed by atoms with E-state index >= 15 is 0 Å². The average molecular weight is 434 g/mol. The van der Waals surface area contributed by atoms with Gasteiger partial charge in [0.15, 0.2) is 5.16 Å². The highest BCUT2D eigenvalue weighted by atomic mass is 32.2. The molecule has 7 nitrogen and oxygen atoms in total. The molecular weight excluding hydrogens is 410 g/mol. The summed E-state index contributed by atoms with van der Waals surface area (Å²) in [6.45, 7) is 5.00. The number of amides is 1. The molecule has 158 valence electrons. The van der Waals surface area contributed by atoms with E-state index in [-0.39, 0.29) is 11.7 Å². The molecule has 0 N–H and O–H groups in total. The van der Waals surface area contributed by atoms with Crippen molar-refractivity contribution in [2.75, 3.05) is 5.75 Å². The Morgan fingerprint density at radius 1 is 1.13 bits per heavy atom. The molecule has 1 amide bonds. The summed E-state index contributed by atoms with van der Waals surface area (Å²) in [6, 6.07) is 13.7. The second-order valence-electron chi connectivity index (χ2n) is 7.23. The Kier molecular flexibility index (Phi) is 6.47. The fourth-order valence-corrected chi connectivity index (χ4v) is 3.96. The standard InChI is InChI=1S/C23H23N5O2S/c1-17-7-8-20(11-18(17)2)28-16-25-26-23(28)31-15-22(29)27(14-21-6-4-10-30-21)13-19-5-3-9-24-12-19/h3-12,16H,13-15H2,1-2H3. The molecule has 0 spiro atoms. The van der Waals surface area contributed by atoms with Crippen molar-refractivity contribution in [1.82, 2.24) is 24.6 Å². The third kappa shape index (κ3) is 5.21. The molecule has 0 atom stereocenters. The summed E-state index contributed by atoms with van der Waals surface area (Å²) < 4.78 is 7.36. The van der Waals surface area contributed by atoms with Crippen LogP contribution in [0.5, 0.6) is 0 Å². The number of pyridine rings is 1. The van der Waals surface area contributed by atoms with Gasteiger partial charge in [-0.15, -0.1) is 10.2 Å². The van der Waals surface area contributed by atoms with E-state index in [1.165, 1.54) is 22.9 Å². The fourth-order valence-electron chi connectivity index (χ4n) is 3.13. The first-order valence-electron chi connectivity index (χ1n) is 9.89. The van der Waals surface area contributed by atoms with Crippen molar-refractivity contribution < 1.29 is 9.21 Å². The molecule has 8 heteroatoms. The molecule has 0 bridgehead atoms. The van der Waals surface area contributed by atoms with Crippen LogP contribution < -0.4 is 0 Å². The van der Waals surface area contributed by atoms with Gasteiger partial charge in [-0.1, -0.05) is 23.9 Å². The lowest BCUT2D eigenvalue weighted by Crippen LogP contribution is -2.31. The summed E-state index contributed by atoms with van der Waals surface area (Å²) in [5.74, 6) is 0.963. The second-order valence-corrected chi connectivity index (χ2v) is 8.17. The molecule has 4 aromatic rings. The van der Waals surface area contributed by atoms with Crippen LogP contribution in [0.15, 0.2) is 77.0 Å². The number of furan rings is 1. The number of benzene rings is 1. The van der Waals surface area contributed by atoms with Crippen molar-refractivity contribution in [1.29, 1.82) is 0 Å². The molecule has 3 aromatic heterocycles. The van der Waals surface area contributed by atoms with Crippen molar-refractivity contribution in [2.45, 2.75) is 32.1 Å². The molecule has 0 saturated carbocycles. The number of carbonyl (C=O) groups is 1. The lowest BCUT2D eigenvalue weighted by molar-refractivity contribution is -0.129. The zero-order chi connectivity index (χ0) is 21.6. The van der Waals surface area contributed by atoms with Crippen LogP contribution in [-0.2, 0) is 17.9 Å². The predicted octanol–water partition coefficient (Wildman–Crippen LogP) is 4.19. The summed E-state index contributed by atoms with van der Waals surface area (Å²) in [7, 11) is 0. The van der Waals surface area contributed by atoms with Gasteiger partial charge in [0.1, 0.15) is 12.1 Å². The molecule has 0 aliphatic rings. The molecule has 0 fully saturated rings. The van der Waals surface area contributed by atoms with E-state index in [0.29, 0.717) is 18.2 Å². The van der Waals surface area contributed by atoms with E-state index in [4.69, 9.17) is 4.42 Å². The minimum Gasteiger partial charge on any atom is -0.467 e. The molecule has 0 radical (unpaired) electrons. The maximum atomic E-state index is 13.1. The van der Waals surface area contributed by atoms with Crippen molar-refractivity contribution in [3.05, 3.63) is 89.9 Å². The second kappa shape index (κ2) is 9.61. The number of nitrogens with zero attached hydrogens (tertiary/aromatic N) is 5. The van der Waals surface area contributed by atoms with E-state index in [1.807, 2.05) is 34.9 Å². The smallest absolute Gasteiger partial charge is 0.233 e. The largest absolute Gasteiger partial charge is 0.467 e. The van der Waals surface area contributed by atoms with Crippen LogP contribution in [0, 0.1) is 13.8 Å². The third-order valence-corrected chi connectivity index (χ3v) is 5.91. The van der Waals surface area contributed by atoms with Gasteiger partial charge in [-0.2, -0.15) is 0 Å². The topological polar surface area (TPSA) is 77.1 Å². The molecule has 4 rings (SSSR count). The molecule has 0 saturated heterocycles. The van der Waals surface area contributed by atoms with Gasteiger partial charge in [0.05, 0.1) is 18.6 Å². The molecule has 0 unspecified atom stereocenters. The highest BCUT2D eigenvalue weighted by Crippen LogP contribution is 2.22. The van der Waals surface area contributed by atoms with Crippen LogP contribution in [0.25, 0.3) is 5.69 Å². The average Bonchev–Trinajstić information content (AvgIpc) is 3.46. The summed E-state index contributed by atoms with van der Waals surface area (Å²) in [4.78, 5) is 19.0. The van der Waals surface area contributed by atoms with Crippen LogP contribution in [0.4, 0.5) is 0 Å². The molecule has 1 aromatic carbocycles. The molecule has 31 heavy (non-hydrogen) atoms. The van der Waals surface area contributed by atoms with Crippen LogP contribution in [-0.4, -0.2) is 36.3 Å². The zero-order valence-corrected chi connectivity index (χ0v) is 18.2. The Hall–Kier alpha value is -3.39. The Bertz CT molecular complexity index is 1140. The van der Waals surface area contributed by atoms with Gasteiger partial charge in [0.2, 0.25) is 5.91 Å². The summed E-state index contributed by atoms with van der Waals surface area (Å²) in [6.07, 6.45) is 6.78. The molecule has 0 aliphatic carbocycles. The third-order valence-electron chi connectivity index (χ3n) is 4.99. The number of rotatable bonds is 8. The predicted molar refractivity (Wildman–Crippen MR) is 119 cm³/mol. The van der Waals surface area contributed by atoms with E-state index in [1.54, 1.807) is 29.9 Å². The first-order chi connectivity index (χ1) is 15.1. The Balaban J connectivity index is 1.48. The maximum absolute atomic E-state index is 13.1. The van der Waals surface area contributed by atoms with E-state index < -0.39 is 0 Å². The van der Waals surface area contributed by atoms with Gasteiger partial charge < -0.3 is 9.32 Å². The fraction of sp³-hybridized carbons (Fsp3) is 0.217. The minimum absolute atomic E-state index is 0.0140. The molecule has 3 heterocycles. The van der Waals surface area contributed by atoms with Crippen molar-refractivity contribution in [3.63, 3.8) is 0 Å². The first kappa shape index (κ1) is 20.9. The lowest BCUT2D eigenvalue weighted by atomic mass is 10.1. The molecule has 0 aliphatic heterocycles. The van der Waals surface area contributed by atoms with Crippen LogP contribution in [0.3, 0.4) is 0 Å². The minimum atomic E-state index is -0.0140. The van der Waals surface area contributed by atoms with Gasteiger partial charge in [-0.05, 0) is 60.9 Å². The number of carbonyl (C=O) groups excluding carboxylic acids is 1. The summed E-state index contributed by atoms with van der Waals surface area (Å²) >= 11 is 1.37. The Morgan fingerprint density at radius 3 is 2.77 bits per heavy atom. The van der Waals surface area contributed by atoms with Gasteiger partial charge >= 0.3 is 0 Å². The maximum Gasteiger partial charge on any atom is 0.233 e. The van der Waals surface area contributed by atoms with Crippen molar-refractivity contribution >= 4 is 17.7 Å².